The maximum atomic E-state index is 2.27. The van der Waals surface area contributed by atoms with E-state index in [4.69, 9.17) is 0 Å². The Morgan fingerprint density at radius 2 is 1.27 bits per heavy atom. The summed E-state index contributed by atoms with van der Waals surface area (Å²) in [6, 6.07) is 0. The first-order chi connectivity index (χ1) is 4.63. The number of rotatable bonds is 0. The molecule has 0 radical (unpaired) electrons. The van der Waals surface area contributed by atoms with Crippen LogP contribution >= 0.6 is 0 Å². The van der Waals surface area contributed by atoms with Crippen molar-refractivity contribution in [2.75, 3.05) is 7.05 Å². The van der Waals surface area contributed by atoms with Crippen LogP contribution in [0.1, 0.15) is 41.5 Å². The summed E-state index contributed by atoms with van der Waals surface area (Å²) in [6.45, 7) is 13.3. The largest absolute Gasteiger partial charge is 0.237 e. The average molecular weight is 156 g/mol. The molecule has 0 aromatic rings. The summed E-state index contributed by atoms with van der Waals surface area (Å²) in [5.41, 5.74) is 0.523. The molecule has 0 saturated heterocycles. The molecule has 1 nitrogen and oxygen atoms in total. The van der Waals surface area contributed by atoms with Gasteiger partial charge in [-0.05, 0) is 20.8 Å². The Hall–Kier alpha value is -0.330. The van der Waals surface area contributed by atoms with Gasteiger partial charge in [-0.3, -0.25) is 0 Å². The highest BCUT2D eigenvalue weighted by Crippen LogP contribution is 2.12. The summed E-state index contributed by atoms with van der Waals surface area (Å²) in [7, 11) is 2.13. The lowest BCUT2D eigenvalue weighted by molar-refractivity contribution is -0.569. The molecule has 0 aromatic carbocycles. The zero-order valence-corrected chi connectivity index (χ0v) is 9.02. The van der Waals surface area contributed by atoms with Crippen LogP contribution in [-0.4, -0.2) is 23.4 Å². The molecule has 0 aliphatic carbocycles. The highest BCUT2D eigenvalue weighted by Gasteiger charge is 2.22. The van der Waals surface area contributed by atoms with E-state index in [1.165, 1.54) is 0 Å². The molecule has 0 rings (SSSR count). The van der Waals surface area contributed by atoms with Crippen LogP contribution in [0.3, 0.4) is 0 Å². The van der Waals surface area contributed by atoms with Crippen LogP contribution in [0.2, 0.25) is 0 Å². The first-order valence-corrected chi connectivity index (χ1v) is 4.22. The zero-order valence-electron chi connectivity index (χ0n) is 9.02. The van der Waals surface area contributed by atoms with E-state index in [1.54, 1.807) is 0 Å². The maximum Gasteiger partial charge on any atom is 0.153 e. The van der Waals surface area contributed by atoms with E-state index in [1.807, 2.05) is 0 Å². The average Bonchev–Trinajstić information content (AvgIpc) is 1.56. The molecule has 0 fully saturated rings. The lowest BCUT2D eigenvalue weighted by Crippen LogP contribution is -2.33. The van der Waals surface area contributed by atoms with Gasteiger partial charge in [0.2, 0.25) is 0 Å². The lowest BCUT2D eigenvalue weighted by atomic mass is 9.97. The van der Waals surface area contributed by atoms with Crippen molar-refractivity contribution in [1.29, 1.82) is 0 Å². The van der Waals surface area contributed by atoms with Gasteiger partial charge in [0.25, 0.3) is 0 Å². The fourth-order valence-corrected chi connectivity index (χ4v) is 0.775. The van der Waals surface area contributed by atoms with Gasteiger partial charge in [0.05, 0.1) is 0 Å². The Morgan fingerprint density at radius 3 is 1.36 bits per heavy atom. The van der Waals surface area contributed by atoms with E-state index >= 15 is 0 Å². The van der Waals surface area contributed by atoms with Gasteiger partial charge in [0, 0.05) is 5.41 Å². The zero-order chi connectivity index (χ0) is 9.28. The minimum atomic E-state index is 0.243. The van der Waals surface area contributed by atoms with E-state index in [0.29, 0.717) is 0 Å². The van der Waals surface area contributed by atoms with E-state index in [9.17, 15) is 0 Å². The molecule has 0 saturated carbocycles. The molecule has 0 heterocycles. The molecule has 0 spiro atoms. The summed E-state index contributed by atoms with van der Waals surface area (Å²) >= 11 is 0. The van der Waals surface area contributed by atoms with Crippen molar-refractivity contribution >= 4 is 6.21 Å². The van der Waals surface area contributed by atoms with Gasteiger partial charge >= 0.3 is 0 Å². The molecule has 11 heavy (non-hydrogen) atoms. The normalized spacial score (nSPS) is 15.4. The molecule has 0 aliphatic rings. The van der Waals surface area contributed by atoms with Crippen LogP contribution in [0.15, 0.2) is 0 Å². The molecule has 0 aromatic heterocycles. The van der Waals surface area contributed by atoms with Crippen LogP contribution in [0.4, 0.5) is 0 Å². The second-order valence-corrected chi connectivity index (χ2v) is 5.28. The molecule has 0 unspecified atom stereocenters. The first kappa shape index (κ1) is 10.7. The van der Waals surface area contributed by atoms with Gasteiger partial charge in [-0.15, -0.1) is 0 Å². The molecule has 1 heteroatoms. The van der Waals surface area contributed by atoms with Gasteiger partial charge in [0.15, 0.2) is 5.54 Å². The van der Waals surface area contributed by atoms with E-state index < -0.39 is 0 Å². The Balaban J connectivity index is 4.49. The molecule has 0 amide bonds. The molecule has 0 bridgehead atoms. The molecule has 0 N–H and O–H groups in total. The summed E-state index contributed by atoms with van der Waals surface area (Å²) in [4.78, 5) is 0. The van der Waals surface area contributed by atoms with Gasteiger partial charge < -0.3 is 0 Å². The van der Waals surface area contributed by atoms with E-state index in [-0.39, 0.29) is 11.0 Å². The number of hydrogen-bond donors (Lipinski definition) is 0. The van der Waals surface area contributed by atoms with Gasteiger partial charge in [0.1, 0.15) is 13.3 Å². The van der Waals surface area contributed by atoms with Gasteiger partial charge in [-0.25, -0.2) is 4.58 Å². The Labute approximate surface area is 71.1 Å². The fourth-order valence-electron chi connectivity index (χ4n) is 0.775. The van der Waals surface area contributed by atoms with E-state index in [0.717, 1.165) is 0 Å². The summed E-state index contributed by atoms with van der Waals surface area (Å²) in [5, 5.41) is 0. The predicted octanol–water partition coefficient (Wildman–Crippen LogP) is 2.54. The predicted molar refractivity (Wildman–Crippen MR) is 51.5 cm³/mol. The number of hydrogen-bond acceptors (Lipinski definition) is 0. The van der Waals surface area contributed by atoms with Crippen molar-refractivity contribution in [2.24, 2.45) is 5.41 Å². The first-order valence-electron chi connectivity index (χ1n) is 4.22. The molecule has 0 aliphatic heterocycles. The van der Waals surface area contributed by atoms with Crippen LogP contribution in [0.25, 0.3) is 0 Å². The minimum absolute atomic E-state index is 0.243. The van der Waals surface area contributed by atoms with Crippen molar-refractivity contribution in [3.63, 3.8) is 0 Å². The fraction of sp³-hybridized carbons (Fsp3) is 0.900. The van der Waals surface area contributed by atoms with Crippen LogP contribution in [-0.2, 0) is 0 Å². The second kappa shape index (κ2) is 2.96. The Kier molecular flexibility index (Phi) is 2.87. The Morgan fingerprint density at radius 1 is 0.909 bits per heavy atom. The second-order valence-electron chi connectivity index (χ2n) is 5.28. The van der Waals surface area contributed by atoms with E-state index in [2.05, 4.69) is 59.4 Å². The maximum absolute atomic E-state index is 2.27. The smallest absolute Gasteiger partial charge is 0.153 e. The lowest BCUT2D eigenvalue weighted by Gasteiger charge is -2.18. The standard InChI is InChI=1S/C10H22N/c1-9(2,3)8-11(7)10(4,5)6/h8H,1-7H3/q+1. The van der Waals surface area contributed by atoms with Crippen LogP contribution in [0.5, 0.6) is 0 Å². The molecule has 66 valence electrons. The monoisotopic (exact) mass is 156 g/mol. The van der Waals surface area contributed by atoms with Gasteiger partial charge in [-0.1, -0.05) is 20.8 Å². The molecule has 0 atom stereocenters. The summed E-state index contributed by atoms with van der Waals surface area (Å²) < 4.78 is 2.27. The summed E-state index contributed by atoms with van der Waals surface area (Å²) in [6.07, 6.45) is 2.27. The number of nitrogens with zero attached hydrogens (tertiary/aromatic N) is 1. The SMILES string of the molecule is C[N+](=CC(C)(C)C)C(C)(C)C. The van der Waals surface area contributed by atoms with Crippen molar-refractivity contribution in [3.05, 3.63) is 0 Å². The third-order valence-electron chi connectivity index (χ3n) is 1.64. The molecular weight excluding hydrogens is 134 g/mol. The van der Waals surface area contributed by atoms with Crippen molar-refractivity contribution in [1.82, 2.24) is 0 Å². The van der Waals surface area contributed by atoms with Crippen LogP contribution in [0, 0.1) is 5.41 Å². The highest BCUT2D eigenvalue weighted by atomic mass is 15.0. The van der Waals surface area contributed by atoms with Crippen molar-refractivity contribution < 1.29 is 4.58 Å². The topological polar surface area (TPSA) is 3.01 Å². The quantitative estimate of drug-likeness (QED) is 0.374. The van der Waals surface area contributed by atoms with Gasteiger partial charge in [-0.2, -0.15) is 0 Å². The minimum Gasteiger partial charge on any atom is -0.237 e. The Bertz CT molecular complexity index is 153. The van der Waals surface area contributed by atoms with Crippen molar-refractivity contribution in [2.45, 2.75) is 47.1 Å². The van der Waals surface area contributed by atoms with Crippen LogP contribution < -0.4 is 0 Å². The molecular formula is C10H22N+. The van der Waals surface area contributed by atoms with Crippen molar-refractivity contribution in [3.8, 4) is 0 Å². The summed E-state index contributed by atoms with van der Waals surface area (Å²) in [5.74, 6) is 0. The highest BCUT2D eigenvalue weighted by molar-refractivity contribution is 5.58. The third kappa shape index (κ3) is 5.00. The third-order valence-corrected chi connectivity index (χ3v) is 1.64.